The first kappa shape index (κ1) is 30.5. The summed E-state index contributed by atoms with van der Waals surface area (Å²) < 4.78 is 6.53. The highest BCUT2D eigenvalue weighted by molar-refractivity contribution is 5.90. The van der Waals surface area contributed by atoms with Crippen LogP contribution in [0.25, 0.3) is 56.2 Å². The van der Waals surface area contributed by atoms with Crippen LogP contribution in [0.1, 0.15) is 23.6 Å². The van der Waals surface area contributed by atoms with E-state index in [2.05, 4.69) is 140 Å². The van der Waals surface area contributed by atoms with E-state index in [0.29, 0.717) is 5.82 Å². The molecule has 3 nitrogen and oxygen atoms in total. The summed E-state index contributed by atoms with van der Waals surface area (Å²) in [5, 5.41) is 0. The molecule has 0 amide bonds. The molecule has 1 atom stereocenters. The summed E-state index contributed by atoms with van der Waals surface area (Å²) in [5.74, 6) is 2.28. The van der Waals surface area contributed by atoms with Gasteiger partial charge in [-0.25, -0.2) is 9.97 Å². The molecule has 0 fully saturated rings. The predicted octanol–water partition coefficient (Wildman–Crippen LogP) is 11.9. The number of para-hydroxylation sites is 1. The minimum absolute atomic E-state index is 0.643. The second-order valence-electron chi connectivity index (χ2n) is 13.0. The zero-order chi connectivity index (χ0) is 34.4. The molecule has 7 aromatic rings. The van der Waals surface area contributed by atoms with Crippen LogP contribution in [0.4, 0.5) is 0 Å². The molecular weight excluding hydrogens is 621 g/mol. The van der Waals surface area contributed by atoms with E-state index in [-0.39, 0.29) is 0 Å². The van der Waals surface area contributed by atoms with Crippen LogP contribution in [0.5, 0.6) is 5.75 Å². The van der Waals surface area contributed by atoms with Crippen molar-refractivity contribution in [1.29, 1.82) is 0 Å². The summed E-state index contributed by atoms with van der Waals surface area (Å²) in [7, 11) is 0. The molecule has 3 heteroatoms. The fourth-order valence-electron chi connectivity index (χ4n) is 7.69. The van der Waals surface area contributed by atoms with E-state index in [1.54, 1.807) is 0 Å². The van der Waals surface area contributed by atoms with Crippen molar-refractivity contribution in [2.75, 3.05) is 0 Å². The fourth-order valence-corrected chi connectivity index (χ4v) is 7.69. The number of ether oxygens (including phenoxy) is 1. The molecule has 242 valence electrons. The van der Waals surface area contributed by atoms with Crippen molar-refractivity contribution < 1.29 is 4.74 Å². The molecule has 0 N–H and O–H groups in total. The Bertz CT molecular complexity index is 2510. The highest BCUT2D eigenvalue weighted by atomic mass is 16.5. The third-order valence-electron chi connectivity index (χ3n) is 10.1. The van der Waals surface area contributed by atoms with Crippen molar-refractivity contribution in [3.8, 4) is 61.9 Å². The Morgan fingerprint density at radius 3 is 1.84 bits per heavy atom. The number of hydrogen-bond donors (Lipinski definition) is 0. The Morgan fingerprint density at radius 1 is 0.529 bits per heavy atom. The van der Waals surface area contributed by atoms with Gasteiger partial charge in [0.05, 0.1) is 16.8 Å². The highest BCUT2D eigenvalue weighted by Crippen LogP contribution is 2.61. The normalized spacial score (nSPS) is 16.6. The van der Waals surface area contributed by atoms with Gasteiger partial charge in [0, 0.05) is 27.8 Å². The molecule has 1 spiro atoms. The summed E-state index contributed by atoms with van der Waals surface area (Å²) in [6.07, 6.45) is 6.05. The van der Waals surface area contributed by atoms with E-state index < -0.39 is 5.41 Å². The van der Waals surface area contributed by atoms with E-state index in [1.807, 2.05) is 43.4 Å². The SMILES string of the molecule is C=C1/C(=C\C=C/C)Oc2ccccc2C12c1ccccc1-c1ccc(-c3cc(-c4ccccc4)nc(-c4ccc(-c5ccccc5)cc4)n3)cc12. The summed E-state index contributed by atoms with van der Waals surface area (Å²) in [4.78, 5) is 10.4. The lowest BCUT2D eigenvalue weighted by atomic mass is 9.65. The van der Waals surface area contributed by atoms with Crippen molar-refractivity contribution in [3.05, 3.63) is 211 Å². The van der Waals surface area contributed by atoms with Gasteiger partial charge in [-0.3, -0.25) is 0 Å². The van der Waals surface area contributed by atoms with Crippen LogP contribution in [0.2, 0.25) is 0 Å². The van der Waals surface area contributed by atoms with E-state index in [1.165, 1.54) is 27.8 Å². The van der Waals surface area contributed by atoms with E-state index in [9.17, 15) is 0 Å². The molecule has 6 aromatic carbocycles. The maximum atomic E-state index is 6.53. The molecule has 2 aliphatic rings. The fraction of sp³-hybridized carbons (Fsp3) is 0.0417. The number of allylic oxidation sites excluding steroid dienone is 4. The summed E-state index contributed by atoms with van der Waals surface area (Å²) in [6, 6.07) is 55.2. The third kappa shape index (κ3) is 4.97. The molecule has 1 aliphatic heterocycles. The van der Waals surface area contributed by atoms with Crippen LogP contribution in [0.3, 0.4) is 0 Å². The number of hydrogen-bond acceptors (Lipinski definition) is 3. The number of fused-ring (bicyclic) bond motifs is 7. The lowest BCUT2D eigenvalue weighted by Crippen LogP contribution is -2.35. The summed E-state index contributed by atoms with van der Waals surface area (Å²) >= 11 is 0. The van der Waals surface area contributed by atoms with Crippen molar-refractivity contribution in [2.45, 2.75) is 12.3 Å². The van der Waals surface area contributed by atoms with Crippen molar-refractivity contribution >= 4 is 0 Å². The quantitative estimate of drug-likeness (QED) is 0.185. The Kier molecular flexibility index (Phi) is 7.40. The van der Waals surface area contributed by atoms with Crippen molar-refractivity contribution in [3.63, 3.8) is 0 Å². The topological polar surface area (TPSA) is 35.0 Å². The first-order valence-electron chi connectivity index (χ1n) is 17.3. The van der Waals surface area contributed by atoms with Gasteiger partial charge in [0.25, 0.3) is 0 Å². The first-order valence-corrected chi connectivity index (χ1v) is 17.3. The molecular formula is C48H34N2O. The van der Waals surface area contributed by atoms with Crippen molar-refractivity contribution in [2.24, 2.45) is 0 Å². The predicted molar refractivity (Wildman–Crippen MR) is 208 cm³/mol. The van der Waals surface area contributed by atoms with Gasteiger partial charge in [-0.05, 0) is 64.6 Å². The van der Waals surface area contributed by atoms with Gasteiger partial charge in [0.15, 0.2) is 5.82 Å². The molecule has 1 unspecified atom stereocenters. The van der Waals surface area contributed by atoms with Crippen LogP contribution < -0.4 is 4.74 Å². The Hall–Kier alpha value is -6.58. The lowest BCUT2D eigenvalue weighted by molar-refractivity contribution is 0.391. The van der Waals surface area contributed by atoms with E-state index in [0.717, 1.165) is 56.3 Å². The summed E-state index contributed by atoms with van der Waals surface area (Å²) in [5.41, 5.74) is 13.2. The van der Waals surface area contributed by atoms with Gasteiger partial charge in [0.1, 0.15) is 11.5 Å². The second kappa shape index (κ2) is 12.4. The van der Waals surface area contributed by atoms with Gasteiger partial charge >= 0.3 is 0 Å². The van der Waals surface area contributed by atoms with Gasteiger partial charge in [-0.2, -0.15) is 0 Å². The smallest absolute Gasteiger partial charge is 0.160 e. The first-order chi connectivity index (χ1) is 25.1. The minimum Gasteiger partial charge on any atom is -0.457 e. The molecule has 0 bridgehead atoms. The second-order valence-corrected chi connectivity index (χ2v) is 13.0. The van der Waals surface area contributed by atoms with Crippen LogP contribution in [0, 0.1) is 0 Å². The number of nitrogens with zero attached hydrogens (tertiary/aromatic N) is 2. The van der Waals surface area contributed by atoms with E-state index >= 15 is 0 Å². The summed E-state index contributed by atoms with van der Waals surface area (Å²) in [6.45, 7) is 6.78. The zero-order valence-electron chi connectivity index (χ0n) is 28.3. The minimum atomic E-state index is -0.643. The van der Waals surface area contributed by atoms with Gasteiger partial charge in [0.2, 0.25) is 0 Å². The van der Waals surface area contributed by atoms with Gasteiger partial charge in [-0.15, -0.1) is 0 Å². The maximum Gasteiger partial charge on any atom is 0.160 e. The molecule has 0 saturated heterocycles. The van der Waals surface area contributed by atoms with Crippen LogP contribution in [-0.2, 0) is 5.41 Å². The molecule has 51 heavy (non-hydrogen) atoms. The Labute approximate surface area is 298 Å². The number of rotatable bonds is 5. The number of benzene rings is 6. The zero-order valence-corrected chi connectivity index (χ0v) is 28.3. The highest BCUT2D eigenvalue weighted by Gasteiger charge is 2.51. The number of aromatic nitrogens is 2. The molecule has 2 heterocycles. The molecule has 1 aromatic heterocycles. The van der Waals surface area contributed by atoms with Gasteiger partial charge < -0.3 is 4.74 Å². The van der Waals surface area contributed by atoms with Crippen molar-refractivity contribution in [1.82, 2.24) is 9.97 Å². The van der Waals surface area contributed by atoms with Crippen LogP contribution in [0.15, 0.2) is 194 Å². The van der Waals surface area contributed by atoms with Gasteiger partial charge in [-0.1, -0.05) is 158 Å². The Balaban J connectivity index is 1.25. The average molecular weight is 655 g/mol. The van der Waals surface area contributed by atoms with Crippen LogP contribution >= 0.6 is 0 Å². The average Bonchev–Trinajstić information content (AvgIpc) is 3.49. The monoisotopic (exact) mass is 654 g/mol. The standard InChI is InChI=1S/C48H34N2O/c1-3-4-22-45-32(2)48(41-21-13-14-23-46(41)51-45)40-20-12-11-19-38(40)39-29-28-37(30-42(39)48)44-31-43(35-17-9-6-10-18-35)49-47(50-44)36-26-24-34(25-27-36)33-15-7-5-8-16-33/h3-31H,2H2,1H3/b4-3-,45-22+. The maximum absolute atomic E-state index is 6.53. The molecule has 1 aliphatic carbocycles. The molecule has 0 radical (unpaired) electrons. The Morgan fingerprint density at radius 2 is 1.10 bits per heavy atom. The molecule has 9 rings (SSSR count). The third-order valence-corrected chi connectivity index (χ3v) is 10.1. The molecule has 0 saturated carbocycles. The largest absolute Gasteiger partial charge is 0.457 e. The van der Waals surface area contributed by atoms with Crippen LogP contribution in [-0.4, -0.2) is 9.97 Å². The lowest BCUT2D eigenvalue weighted by Gasteiger charge is -2.40. The van der Waals surface area contributed by atoms with E-state index in [4.69, 9.17) is 21.3 Å².